The molecule has 0 saturated carbocycles. The van der Waals surface area contributed by atoms with Gasteiger partial charge in [-0.3, -0.25) is 9.78 Å². The first-order chi connectivity index (χ1) is 6.81. The van der Waals surface area contributed by atoms with Crippen molar-refractivity contribution in [2.45, 2.75) is 6.42 Å². The topological polar surface area (TPSA) is 30.0 Å². The Bertz CT molecular complexity index is 487. The third-order valence-corrected chi connectivity index (χ3v) is 2.81. The highest BCUT2D eigenvalue weighted by atomic mass is 32.1. The van der Waals surface area contributed by atoms with Crippen LogP contribution in [0.1, 0.15) is 16.8 Å². The molecule has 0 bridgehead atoms. The zero-order chi connectivity index (χ0) is 9.97. The minimum Gasteiger partial charge on any atom is -0.294 e. The molecule has 0 radical (unpaired) electrons. The predicted octanol–water partition coefficient (Wildman–Crippen LogP) is 3.06. The number of hydrogen-bond donors (Lipinski definition) is 0. The lowest BCUT2D eigenvalue weighted by Crippen LogP contribution is -1.96. The summed E-state index contributed by atoms with van der Waals surface area (Å²) in [6, 6.07) is 3.83. The SMILES string of the molecule is C=CCC(=O)c1cnc2ccsc2c1. The summed E-state index contributed by atoms with van der Waals surface area (Å²) >= 11 is 1.60. The van der Waals surface area contributed by atoms with Crippen molar-refractivity contribution in [3.63, 3.8) is 0 Å². The molecule has 0 unspecified atom stereocenters. The molecule has 0 aliphatic heterocycles. The van der Waals surface area contributed by atoms with Crippen molar-refractivity contribution in [1.29, 1.82) is 0 Å². The van der Waals surface area contributed by atoms with E-state index in [-0.39, 0.29) is 5.78 Å². The number of Topliss-reactive ketones (excluding diaryl/α,β-unsaturated/α-hetero) is 1. The van der Waals surface area contributed by atoms with Crippen LogP contribution in [0.5, 0.6) is 0 Å². The van der Waals surface area contributed by atoms with E-state index >= 15 is 0 Å². The summed E-state index contributed by atoms with van der Waals surface area (Å²) in [5.74, 6) is 0.0720. The van der Waals surface area contributed by atoms with Crippen LogP contribution < -0.4 is 0 Å². The van der Waals surface area contributed by atoms with Crippen molar-refractivity contribution in [1.82, 2.24) is 4.98 Å². The summed E-state index contributed by atoms with van der Waals surface area (Å²) in [7, 11) is 0. The van der Waals surface area contributed by atoms with E-state index in [9.17, 15) is 4.79 Å². The Hall–Kier alpha value is -1.48. The van der Waals surface area contributed by atoms with E-state index in [2.05, 4.69) is 11.6 Å². The van der Waals surface area contributed by atoms with E-state index in [4.69, 9.17) is 0 Å². The van der Waals surface area contributed by atoms with E-state index < -0.39 is 0 Å². The molecular formula is C11H9NOS. The summed E-state index contributed by atoms with van der Waals surface area (Å²) in [5, 5.41) is 1.97. The lowest BCUT2D eigenvalue weighted by Gasteiger charge is -1.96. The molecular weight excluding hydrogens is 194 g/mol. The average molecular weight is 203 g/mol. The van der Waals surface area contributed by atoms with Crippen LogP contribution in [-0.4, -0.2) is 10.8 Å². The van der Waals surface area contributed by atoms with Crippen molar-refractivity contribution in [2.24, 2.45) is 0 Å². The fourth-order valence-electron chi connectivity index (χ4n) is 1.25. The average Bonchev–Trinajstić information content (AvgIpc) is 2.64. The van der Waals surface area contributed by atoms with E-state index in [0.29, 0.717) is 12.0 Å². The highest BCUT2D eigenvalue weighted by Crippen LogP contribution is 2.19. The molecule has 0 spiro atoms. The second-order valence-corrected chi connectivity index (χ2v) is 3.89. The summed E-state index contributed by atoms with van der Waals surface area (Å²) in [6.45, 7) is 3.54. The highest BCUT2D eigenvalue weighted by molar-refractivity contribution is 7.17. The van der Waals surface area contributed by atoms with Gasteiger partial charge >= 0.3 is 0 Å². The van der Waals surface area contributed by atoms with Crippen molar-refractivity contribution in [3.8, 4) is 0 Å². The third-order valence-electron chi connectivity index (χ3n) is 1.95. The lowest BCUT2D eigenvalue weighted by molar-refractivity contribution is 0.0996. The molecule has 3 heteroatoms. The molecule has 2 aromatic rings. The van der Waals surface area contributed by atoms with E-state index in [1.165, 1.54) is 0 Å². The molecule has 2 rings (SSSR count). The summed E-state index contributed by atoms with van der Waals surface area (Å²) < 4.78 is 1.06. The minimum absolute atomic E-state index is 0.0720. The Morgan fingerprint density at radius 3 is 3.29 bits per heavy atom. The number of thiophene rings is 1. The zero-order valence-corrected chi connectivity index (χ0v) is 8.38. The molecule has 0 N–H and O–H groups in total. The Morgan fingerprint density at radius 1 is 1.64 bits per heavy atom. The number of allylic oxidation sites excluding steroid dienone is 1. The van der Waals surface area contributed by atoms with Crippen molar-refractivity contribution in [2.75, 3.05) is 0 Å². The number of rotatable bonds is 3. The van der Waals surface area contributed by atoms with Gasteiger partial charge in [0.25, 0.3) is 0 Å². The molecule has 2 aromatic heterocycles. The van der Waals surface area contributed by atoms with E-state index in [1.54, 1.807) is 23.6 Å². The predicted molar refractivity (Wildman–Crippen MR) is 58.8 cm³/mol. The molecule has 14 heavy (non-hydrogen) atoms. The van der Waals surface area contributed by atoms with Crippen LogP contribution in [0.3, 0.4) is 0 Å². The fraction of sp³-hybridized carbons (Fsp3) is 0.0909. The van der Waals surface area contributed by atoms with Crippen LogP contribution in [0.15, 0.2) is 36.4 Å². The van der Waals surface area contributed by atoms with Crippen molar-refractivity contribution in [3.05, 3.63) is 41.9 Å². The Labute approximate surface area is 85.9 Å². The number of fused-ring (bicyclic) bond motifs is 1. The van der Waals surface area contributed by atoms with Crippen LogP contribution in [-0.2, 0) is 0 Å². The van der Waals surface area contributed by atoms with Gasteiger partial charge in [-0.15, -0.1) is 17.9 Å². The van der Waals surface area contributed by atoms with Gasteiger partial charge < -0.3 is 0 Å². The number of nitrogens with zero attached hydrogens (tertiary/aromatic N) is 1. The smallest absolute Gasteiger partial charge is 0.168 e. The summed E-state index contributed by atoms with van der Waals surface area (Å²) in [4.78, 5) is 15.7. The maximum atomic E-state index is 11.5. The molecule has 70 valence electrons. The second-order valence-electron chi connectivity index (χ2n) is 2.94. The second kappa shape index (κ2) is 3.72. The van der Waals surface area contributed by atoms with Crippen LogP contribution in [0, 0.1) is 0 Å². The third kappa shape index (κ3) is 1.59. The standard InChI is InChI=1S/C11H9NOS/c1-2-3-10(13)8-6-11-9(12-7-8)4-5-14-11/h2,4-7H,1,3H2. The number of hydrogen-bond acceptors (Lipinski definition) is 3. The van der Waals surface area contributed by atoms with Gasteiger partial charge in [0.1, 0.15) is 0 Å². The lowest BCUT2D eigenvalue weighted by atomic mass is 10.1. The number of aromatic nitrogens is 1. The van der Waals surface area contributed by atoms with Gasteiger partial charge in [-0.05, 0) is 17.5 Å². The quantitative estimate of drug-likeness (QED) is 0.567. The van der Waals surface area contributed by atoms with Crippen molar-refractivity contribution < 1.29 is 4.79 Å². The van der Waals surface area contributed by atoms with Crippen LogP contribution in [0.4, 0.5) is 0 Å². The zero-order valence-electron chi connectivity index (χ0n) is 7.56. The van der Waals surface area contributed by atoms with E-state index in [1.807, 2.05) is 17.5 Å². The molecule has 0 aliphatic carbocycles. The highest BCUT2D eigenvalue weighted by Gasteiger charge is 2.05. The largest absolute Gasteiger partial charge is 0.294 e. The van der Waals surface area contributed by atoms with Gasteiger partial charge in [-0.1, -0.05) is 6.08 Å². The molecule has 0 amide bonds. The fourth-order valence-corrected chi connectivity index (χ4v) is 2.03. The Balaban J connectivity index is 2.43. The molecule has 0 fully saturated rings. The number of carbonyl (C=O) groups is 1. The summed E-state index contributed by atoms with van der Waals surface area (Å²) in [5.41, 5.74) is 1.62. The van der Waals surface area contributed by atoms with Gasteiger partial charge in [0.05, 0.1) is 10.2 Å². The molecule has 0 atom stereocenters. The van der Waals surface area contributed by atoms with Gasteiger partial charge in [0, 0.05) is 18.2 Å². The van der Waals surface area contributed by atoms with Gasteiger partial charge in [-0.2, -0.15) is 0 Å². The van der Waals surface area contributed by atoms with Crippen LogP contribution >= 0.6 is 11.3 Å². The Morgan fingerprint density at radius 2 is 2.50 bits per heavy atom. The summed E-state index contributed by atoms with van der Waals surface area (Å²) in [6.07, 6.45) is 3.61. The number of pyridine rings is 1. The van der Waals surface area contributed by atoms with Gasteiger partial charge in [-0.25, -0.2) is 0 Å². The van der Waals surface area contributed by atoms with Crippen LogP contribution in [0.25, 0.3) is 10.2 Å². The maximum absolute atomic E-state index is 11.5. The number of carbonyl (C=O) groups excluding carboxylic acids is 1. The minimum atomic E-state index is 0.0720. The first-order valence-electron chi connectivity index (χ1n) is 4.28. The monoisotopic (exact) mass is 203 g/mol. The van der Waals surface area contributed by atoms with Gasteiger partial charge in [0.15, 0.2) is 5.78 Å². The van der Waals surface area contributed by atoms with Gasteiger partial charge in [0.2, 0.25) is 0 Å². The molecule has 0 saturated heterocycles. The van der Waals surface area contributed by atoms with Crippen molar-refractivity contribution >= 4 is 27.3 Å². The van der Waals surface area contributed by atoms with Crippen LogP contribution in [0.2, 0.25) is 0 Å². The molecule has 0 aromatic carbocycles. The first kappa shape index (κ1) is 9.09. The molecule has 0 aliphatic rings. The Kier molecular flexibility index (Phi) is 2.41. The normalized spacial score (nSPS) is 10.3. The first-order valence-corrected chi connectivity index (χ1v) is 5.16. The molecule has 2 nitrogen and oxygen atoms in total. The van der Waals surface area contributed by atoms with E-state index in [0.717, 1.165) is 10.2 Å². The maximum Gasteiger partial charge on any atom is 0.168 e. The number of ketones is 1. The molecule has 2 heterocycles.